The summed E-state index contributed by atoms with van der Waals surface area (Å²) in [6, 6.07) is 21.6. The molecule has 1 aliphatic rings. The second-order valence-corrected chi connectivity index (χ2v) is 9.19. The summed E-state index contributed by atoms with van der Waals surface area (Å²) in [5, 5.41) is 6.28. The van der Waals surface area contributed by atoms with Crippen LogP contribution in [0.2, 0.25) is 5.02 Å². The van der Waals surface area contributed by atoms with Gasteiger partial charge < -0.3 is 9.88 Å². The van der Waals surface area contributed by atoms with Crippen molar-refractivity contribution in [1.82, 2.24) is 9.55 Å². The van der Waals surface area contributed by atoms with Crippen LogP contribution in [0.5, 0.6) is 0 Å². The third kappa shape index (κ3) is 3.80. The van der Waals surface area contributed by atoms with E-state index in [9.17, 15) is 9.59 Å². The second-order valence-electron chi connectivity index (χ2n) is 7.81. The van der Waals surface area contributed by atoms with Gasteiger partial charge >= 0.3 is 0 Å². The van der Waals surface area contributed by atoms with Gasteiger partial charge in [-0.3, -0.25) is 9.59 Å². The van der Waals surface area contributed by atoms with Gasteiger partial charge in [0.1, 0.15) is 5.82 Å². The molecule has 5 nitrogen and oxygen atoms in total. The Balaban J connectivity index is 1.57. The quantitative estimate of drug-likeness (QED) is 0.328. The van der Waals surface area contributed by atoms with Crippen LogP contribution >= 0.6 is 23.4 Å². The number of benzene rings is 3. The lowest BCUT2D eigenvalue weighted by atomic mass is 9.84. The number of fused-ring (bicyclic) bond motifs is 2. The largest absolute Gasteiger partial charge is 0.312 e. The van der Waals surface area contributed by atoms with Gasteiger partial charge in [-0.15, -0.1) is 0 Å². The maximum atomic E-state index is 13.2. The van der Waals surface area contributed by atoms with E-state index in [2.05, 4.69) is 10.3 Å². The summed E-state index contributed by atoms with van der Waals surface area (Å²) in [7, 11) is 1.83. The molecule has 32 heavy (non-hydrogen) atoms. The van der Waals surface area contributed by atoms with E-state index in [0.717, 1.165) is 21.9 Å². The summed E-state index contributed by atoms with van der Waals surface area (Å²) in [6.07, 6.45) is 0.217. The van der Waals surface area contributed by atoms with Gasteiger partial charge in [0.25, 0.3) is 5.56 Å². The van der Waals surface area contributed by atoms with E-state index in [4.69, 9.17) is 11.6 Å². The second kappa shape index (κ2) is 8.45. The lowest BCUT2D eigenvalue weighted by molar-refractivity contribution is -0.116. The molecule has 4 aromatic rings. The number of nitrogens with zero attached hydrogens (tertiary/aromatic N) is 2. The summed E-state index contributed by atoms with van der Waals surface area (Å²) in [5.41, 5.74) is 2.29. The molecule has 7 heteroatoms. The molecule has 0 fully saturated rings. The Bertz CT molecular complexity index is 1390. The highest BCUT2D eigenvalue weighted by atomic mass is 35.5. The third-order valence-corrected chi connectivity index (χ3v) is 7.13. The van der Waals surface area contributed by atoms with Crippen molar-refractivity contribution in [1.29, 1.82) is 0 Å². The van der Waals surface area contributed by atoms with Gasteiger partial charge in [0.05, 0.1) is 5.56 Å². The van der Waals surface area contributed by atoms with Crippen molar-refractivity contribution in [3.63, 3.8) is 0 Å². The van der Waals surface area contributed by atoms with E-state index in [1.807, 2.05) is 78.3 Å². The molecule has 1 aromatic heterocycles. The van der Waals surface area contributed by atoms with Crippen LogP contribution in [0.15, 0.2) is 76.7 Å². The Morgan fingerprint density at radius 3 is 2.62 bits per heavy atom. The van der Waals surface area contributed by atoms with E-state index in [1.54, 1.807) is 0 Å². The SMILES string of the molecule is Cn1c(SCc2ccc(Cl)cc2)nc(=O)c2c1NC(=O)CC2c1cccc2ccccc12. The molecule has 2 heterocycles. The van der Waals surface area contributed by atoms with Crippen molar-refractivity contribution in [3.05, 3.63) is 98.8 Å². The van der Waals surface area contributed by atoms with Crippen molar-refractivity contribution < 1.29 is 4.79 Å². The molecule has 3 aromatic carbocycles. The van der Waals surface area contributed by atoms with E-state index < -0.39 is 0 Å². The summed E-state index contributed by atoms with van der Waals surface area (Å²) in [5.74, 6) is 0.714. The van der Waals surface area contributed by atoms with Gasteiger partial charge in [-0.05, 0) is 34.0 Å². The van der Waals surface area contributed by atoms with Crippen LogP contribution < -0.4 is 10.9 Å². The average Bonchev–Trinajstić information content (AvgIpc) is 2.80. The minimum absolute atomic E-state index is 0.106. The molecule has 1 N–H and O–H groups in total. The van der Waals surface area contributed by atoms with Crippen molar-refractivity contribution >= 4 is 45.9 Å². The predicted octanol–water partition coefficient (Wildman–Crippen LogP) is 5.35. The molecule has 1 amide bonds. The summed E-state index contributed by atoms with van der Waals surface area (Å²) in [6.45, 7) is 0. The van der Waals surface area contributed by atoms with Gasteiger partial charge in [-0.1, -0.05) is 78.0 Å². The molecule has 0 spiro atoms. The Hall–Kier alpha value is -3.09. The van der Waals surface area contributed by atoms with Crippen LogP contribution in [0.4, 0.5) is 5.82 Å². The van der Waals surface area contributed by atoms with Crippen molar-refractivity contribution in [2.24, 2.45) is 7.05 Å². The molecule has 0 radical (unpaired) electrons. The number of aromatic nitrogens is 2. The van der Waals surface area contributed by atoms with E-state index in [1.165, 1.54) is 11.8 Å². The molecule has 1 atom stereocenters. The highest BCUT2D eigenvalue weighted by Crippen LogP contribution is 2.38. The molecule has 0 saturated carbocycles. The van der Waals surface area contributed by atoms with Crippen LogP contribution in [0.25, 0.3) is 10.8 Å². The number of carbonyl (C=O) groups excluding carboxylic acids is 1. The van der Waals surface area contributed by atoms with E-state index in [0.29, 0.717) is 27.3 Å². The number of halogens is 1. The zero-order valence-electron chi connectivity index (χ0n) is 17.3. The normalized spacial score (nSPS) is 15.4. The minimum atomic E-state index is -0.341. The number of amides is 1. The first-order chi connectivity index (χ1) is 15.5. The fraction of sp³-hybridized carbons (Fsp3) is 0.160. The first kappa shape index (κ1) is 20.8. The van der Waals surface area contributed by atoms with Gasteiger partial charge in [-0.25, -0.2) is 0 Å². The molecule has 0 saturated heterocycles. The van der Waals surface area contributed by atoms with Gasteiger partial charge in [0.15, 0.2) is 5.16 Å². The maximum Gasteiger partial charge on any atom is 0.279 e. The van der Waals surface area contributed by atoms with Crippen LogP contribution in [-0.4, -0.2) is 15.5 Å². The van der Waals surface area contributed by atoms with Crippen LogP contribution in [0.3, 0.4) is 0 Å². The van der Waals surface area contributed by atoms with Gasteiger partial charge in [0.2, 0.25) is 5.91 Å². The number of rotatable bonds is 4. The zero-order chi connectivity index (χ0) is 22.2. The van der Waals surface area contributed by atoms with Crippen LogP contribution in [0, 0.1) is 0 Å². The smallest absolute Gasteiger partial charge is 0.279 e. The number of anilines is 1. The van der Waals surface area contributed by atoms with E-state index >= 15 is 0 Å². The molecular weight excluding hydrogens is 442 g/mol. The lowest BCUT2D eigenvalue weighted by Gasteiger charge is -2.28. The van der Waals surface area contributed by atoms with Crippen LogP contribution in [-0.2, 0) is 17.6 Å². The minimum Gasteiger partial charge on any atom is -0.312 e. The third-order valence-electron chi connectivity index (χ3n) is 5.78. The number of thioether (sulfide) groups is 1. The Morgan fingerprint density at radius 2 is 1.81 bits per heavy atom. The predicted molar refractivity (Wildman–Crippen MR) is 130 cm³/mol. The first-order valence-electron chi connectivity index (χ1n) is 10.3. The van der Waals surface area contributed by atoms with Crippen molar-refractivity contribution in [2.45, 2.75) is 23.2 Å². The molecule has 5 rings (SSSR count). The molecule has 0 bridgehead atoms. The summed E-state index contributed by atoms with van der Waals surface area (Å²) in [4.78, 5) is 30.3. The topological polar surface area (TPSA) is 64.0 Å². The van der Waals surface area contributed by atoms with Crippen molar-refractivity contribution in [2.75, 3.05) is 5.32 Å². The summed E-state index contributed by atoms with van der Waals surface area (Å²) >= 11 is 7.41. The molecule has 160 valence electrons. The maximum absolute atomic E-state index is 13.2. The Labute approximate surface area is 194 Å². The number of carbonyl (C=O) groups is 1. The standard InChI is InChI=1S/C25H20ClN3O2S/c1-29-23-22(24(31)28-25(29)32-14-15-9-11-17(26)12-10-15)20(13-21(30)27-23)19-8-4-6-16-5-2-3-7-18(16)19/h2-12,20H,13-14H2,1H3,(H,27,30). The van der Waals surface area contributed by atoms with Crippen molar-refractivity contribution in [3.8, 4) is 0 Å². The summed E-state index contributed by atoms with van der Waals surface area (Å²) < 4.78 is 1.81. The molecule has 1 aliphatic heterocycles. The monoisotopic (exact) mass is 461 g/mol. The number of hydrogen-bond acceptors (Lipinski definition) is 4. The average molecular weight is 462 g/mol. The van der Waals surface area contributed by atoms with Crippen LogP contribution in [0.1, 0.15) is 29.0 Å². The molecule has 0 aliphatic carbocycles. The molecular formula is C25H20ClN3O2S. The fourth-order valence-corrected chi connectivity index (χ4v) is 5.26. The lowest BCUT2D eigenvalue weighted by Crippen LogP contribution is -2.33. The number of hydrogen-bond donors (Lipinski definition) is 1. The van der Waals surface area contributed by atoms with Gasteiger partial charge in [0, 0.05) is 30.2 Å². The Kier molecular flexibility index (Phi) is 5.49. The number of nitrogens with one attached hydrogen (secondary N) is 1. The fourth-order valence-electron chi connectivity index (χ4n) is 4.21. The molecule has 1 unspecified atom stereocenters. The van der Waals surface area contributed by atoms with E-state index in [-0.39, 0.29) is 23.8 Å². The highest BCUT2D eigenvalue weighted by Gasteiger charge is 2.32. The zero-order valence-corrected chi connectivity index (χ0v) is 18.9. The first-order valence-corrected chi connectivity index (χ1v) is 11.6. The van der Waals surface area contributed by atoms with Gasteiger partial charge in [-0.2, -0.15) is 4.98 Å². The highest BCUT2D eigenvalue weighted by molar-refractivity contribution is 7.98. The Morgan fingerprint density at radius 1 is 1.06 bits per heavy atom.